The van der Waals surface area contributed by atoms with Crippen LogP contribution in [-0.4, -0.2) is 70.2 Å². The Bertz CT molecular complexity index is 1620. The molecule has 0 aromatic heterocycles. The van der Waals surface area contributed by atoms with Crippen LogP contribution in [0, 0.1) is 0 Å². The van der Waals surface area contributed by atoms with Crippen molar-refractivity contribution in [3.05, 3.63) is 131 Å². The summed E-state index contributed by atoms with van der Waals surface area (Å²) in [6.45, 7) is 2.97. The third-order valence-electron chi connectivity index (χ3n) is 8.48. The van der Waals surface area contributed by atoms with Gasteiger partial charge in [-0.2, -0.15) is 0 Å². The summed E-state index contributed by atoms with van der Waals surface area (Å²) in [6, 6.07) is 34.7. The number of hydrogen-bond donors (Lipinski definition) is 2. The lowest BCUT2D eigenvalue weighted by Gasteiger charge is -2.18. The van der Waals surface area contributed by atoms with E-state index in [1.54, 1.807) is 0 Å². The third-order valence-corrected chi connectivity index (χ3v) is 8.48. The standard InChI is InChI=1S/C41H46N2O8/c44-39(49-28-31-12-3-1-4-13-31)21-20-38(40(45)50-29-32-14-5-2-6-15-32)42-22-11-24-47-26-27-48-25-23-43-41(46)51-30-37-35-18-9-7-16-33(35)34-17-8-10-19-36(34)37/h1-10,12-19,37-38,42H,11,20-30H2,(H,43,46). The molecule has 0 saturated heterocycles. The number of benzene rings is 4. The predicted molar refractivity (Wildman–Crippen MR) is 193 cm³/mol. The van der Waals surface area contributed by atoms with Gasteiger partial charge in [0.2, 0.25) is 0 Å². The van der Waals surface area contributed by atoms with E-state index in [2.05, 4.69) is 34.9 Å². The summed E-state index contributed by atoms with van der Waals surface area (Å²) in [7, 11) is 0. The van der Waals surface area contributed by atoms with E-state index in [1.807, 2.05) is 84.9 Å². The van der Waals surface area contributed by atoms with E-state index < -0.39 is 18.1 Å². The molecule has 5 rings (SSSR count). The molecule has 10 nitrogen and oxygen atoms in total. The highest BCUT2D eigenvalue weighted by Gasteiger charge is 2.29. The van der Waals surface area contributed by atoms with Crippen LogP contribution in [0.2, 0.25) is 0 Å². The first-order valence-corrected chi connectivity index (χ1v) is 17.5. The van der Waals surface area contributed by atoms with Gasteiger partial charge in [0.15, 0.2) is 0 Å². The molecule has 0 aliphatic heterocycles. The summed E-state index contributed by atoms with van der Waals surface area (Å²) in [6.07, 6.45) is 0.495. The highest BCUT2D eigenvalue weighted by atomic mass is 16.6. The fourth-order valence-corrected chi connectivity index (χ4v) is 5.85. The molecular weight excluding hydrogens is 648 g/mol. The van der Waals surface area contributed by atoms with Crippen LogP contribution in [0.1, 0.15) is 47.4 Å². The van der Waals surface area contributed by atoms with Gasteiger partial charge in [0.25, 0.3) is 0 Å². The van der Waals surface area contributed by atoms with Crippen LogP contribution in [0.25, 0.3) is 11.1 Å². The highest BCUT2D eigenvalue weighted by Crippen LogP contribution is 2.44. The van der Waals surface area contributed by atoms with E-state index in [0.717, 1.165) is 11.1 Å². The highest BCUT2D eigenvalue weighted by molar-refractivity contribution is 5.79. The summed E-state index contributed by atoms with van der Waals surface area (Å²) in [4.78, 5) is 37.6. The van der Waals surface area contributed by atoms with Crippen LogP contribution in [0.15, 0.2) is 109 Å². The zero-order valence-electron chi connectivity index (χ0n) is 28.8. The molecule has 0 heterocycles. The van der Waals surface area contributed by atoms with Crippen LogP contribution < -0.4 is 10.6 Å². The first kappa shape index (κ1) is 37.2. The number of nitrogens with one attached hydrogen (secondary N) is 2. The summed E-state index contributed by atoms with van der Waals surface area (Å²) in [5, 5.41) is 5.95. The van der Waals surface area contributed by atoms with Crippen molar-refractivity contribution in [2.45, 2.75) is 44.4 Å². The van der Waals surface area contributed by atoms with Gasteiger partial charge in [-0.05, 0) is 52.8 Å². The van der Waals surface area contributed by atoms with E-state index >= 15 is 0 Å². The lowest BCUT2D eigenvalue weighted by molar-refractivity contribution is -0.149. The molecular formula is C41H46N2O8. The molecule has 2 N–H and O–H groups in total. The van der Waals surface area contributed by atoms with Crippen molar-refractivity contribution in [2.24, 2.45) is 0 Å². The summed E-state index contributed by atoms with van der Waals surface area (Å²) in [5.74, 6) is -0.783. The lowest BCUT2D eigenvalue weighted by Crippen LogP contribution is -2.39. The van der Waals surface area contributed by atoms with E-state index in [-0.39, 0.29) is 44.5 Å². The van der Waals surface area contributed by atoms with Crippen LogP contribution in [0.3, 0.4) is 0 Å². The molecule has 4 aromatic rings. The zero-order chi connectivity index (χ0) is 35.5. The monoisotopic (exact) mass is 694 g/mol. The summed E-state index contributed by atoms with van der Waals surface area (Å²) >= 11 is 0. The van der Waals surface area contributed by atoms with Gasteiger partial charge >= 0.3 is 18.0 Å². The molecule has 10 heteroatoms. The maximum atomic E-state index is 12.9. The largest absolute Gasteiger partial charge is 0.461 e. The van der Waals surface area contributed by atoms with Gasteiger partial charge in [-0.3, -0.25) is 9.59 Å². The molecule has 1 amide bonds. The molecule has 1 atom stereocenters. The molecule has 1 aliphatic rings. The Balaban J connectivity index is 0.915. The Labute approximate surface area is 299 Å². The second-order valence-electron chi connectivity index (χ2n) is 12.1. The quantitative estimate of drug-likeness (QED) is 0.0599. The van der Waals surface area contributed by atoms with Gasteiger partial charge in [0.05, 0.1) is 19.8 Å². The smallest absolute Gasteiger partial charge is 0.407 e. The van der Waals surface area contributed by atoms with Crippen LogP contribution in [-0.2, 0) is 46.5 Å². The van der Waals surface area contributed by atoms with Gasteiger partial charge in [-0.25, -0.2) is 4.79 Å². The Kier molecular flexibility index (Phi) is 15.0. The van der Waals surface area contributed by atoms with Crippen molar-refractivity contribution in [1.82, 2.24) is 10.6 Å². The molecule has 1 unspecified atom stereocenters. The average Bonchev–Trinajstić information content (AvgIpc) is 3.49. The molecule has 1 aliphatic carbocycles. The minimum atomic E-state index is -0.662. The zero-order valence-corrected chi connectivity index (χ0v) is 28.8. The van der Waals surface area contributed by atoms with E-state index in [0.29, 0.717) is 45.9 Å². The maximum Gasteiger partial charge on any atom is 0.407 e. The van der Waals surface area contributed by atoms with Gasteiger partial charge in [-0.1, -0.05) is 109 Å². The van der Waals surface area contributed by atoms with Gasteiger partial charge in [-0.15, -0.1) is 0 Å². The number of rotatable bonds is 21. The van der Waals surface area contributed by atoms with Crippen molar-refractivity contribution in [3.63, 3.8) is 0 Å². The van der Waals surface area contributed by atoms with Crippen LogP contribution >= 0.6 is 0 Å². The first-order chi connectivity index (χ1) is 25.1. The number of carbonyl (C=O) groups is 3. The van der Waals surface area contributed by atoms with Crippen molar-refractivity contribution >= 4 is 18.0 Å². The molecule has 51 heavy (non-hydrogen) atoms. The Morgan fingerprint density at radius 2 is 1.18 bits per heavy atom. The third kappa shape index (κ3) is 12.1. The minimum absolute atomic E-state index is 0.0139. The first-order valence-electron chi connectivity index (χ1n) is 17.5. The lowest BCUT2D eigenvalue weighted by atomic mass is 9.98. The van der Waals surface area contributed by atoms with E-state index in [4.69, 9.17) is 23.7 Å². The maximum absolute atomic E-state index is 12.9. The normalized spacial score (nSPS) is 12.4. The fourth-order valence-electron chi connectivity index (χ4n) is 5.85. The number of fused-ring (bicyclic) bond motifs is 3. The van der Waals surface area contributed by atoms with E-state index in [1.165, 1.54) is 22.3 Å². The molecule has 0 bridgehead atoms. The number of esters is 2. The molecule has 0 fully saturated rings. The number of carbonyl (C=O) groups excluding carboxylic acids is 3. The summed E-state index contributed by atoms with van der Waals surface area (Å²) in [5.41, 5.74) is 6.50. The van der Waals surface area contributed by atoms with Gasteiger partial charge in [0, 0.05) is 25.5 Å². The Morgan fingerprint density at radius 1 is 0.608 bits per heavy atom. The predicted octanol–water partition coefficient (Wildman–Crippen LogP) is 6.17. The molecule has 0 radical (unpaired) electrons. The van der Waals surface area contributed by atoms with E-state index in [9.17, 15) is 14.4 Å². The number of amides is 1. The van der Waals surface area contributed by atoms with Crippen molar-refractivity contribution in [3.8, 4) is 11.1 Å². The second kappa shape index (κ2) is 20.6. The molecule has 4 aromatic carbocycles. The Morgan fingerprint density at radius 3 is 1.82 bits per heavy atom. The minimum Gasteiger partial charge on any atom is -0.461 e. The number of alkyl carbamates (subject to hydrolysis) is 1. The molecule has 0 saturated carbocycles. The SMILES string of the molecule is O=C(CCC(NCCCOCCOCCNC(=O)OCC1c2ccccc2-c2ccccc21)C(=O)OCc1ccccc1)OCc1ccccc1. The van der Waals surface area contributed by atoms with Crippen molar-refractivity contribution < 1.29 is 38.1 Å². The number of hydrogen-bond acceptors (Lipinski definition) is 9. The molecule has 268 valence electrons. The van der Waals surface area contributed by atoms with Crippen molar-refractivity contribution in [1.29, 1.82) is 0 Å². The molecule has 0 spiro atoms. The fraction of sp³-hybridized carbons (Fsp3) is 0.341. The van der Waals surface area contributed by atoms with Gasteiger partial charge in [0.1, 0.15) is 25.9 Å². The second-order valence-corrected chi connectivity index (χ2v) is 12.1. The topological polar surface area (TPSA) is 121 Å². The van der Waals surface area contributed by atoms with Crippen LogP contribution in [0.4, 0.5) is 4.79 Å². The van der Waals surface area contributed by atoms with Gasteiger partial charge < -0.3 is 34.3 Å². The number of ether oxygens (including phenoxy) is 5. The Hall–Kier alpha value is -5.03. The summed E-state index contributed by atoms with van der Waals surface area (Å²) < 4.78 is 27.7. The van der Waals surface area contributed by atoms with Crippen LogP contribution in [0.5, 0.6) is 0 Å². The average molecular weight is 695 g/mol. The van der Waals surface area contributed by atoms with Crippen molar-refractivity contribution in [2.75, 3.05) is 46.1 Å².